The SMILES string of the molecule is Cc1ccc(S(=O)(=O)N[C@@H](C)CN2CCN(Cc3ccccc3)CC2)s1. The van der Waals surface area contributed by atoms with Gasteiger partial charge in [-0.05, 0) is 31.5 Å². The summed E-state index contributed by atoms with van der Waals surface area (Å²) >= 11 is 1.31. The molecule has 0 amide bonds. The first kappa shape index (κ1) is 19.5. The highest BCUT2D eigenvalue weighted by Crippen LogP contribution is 2.20. The Morgan fingerprint density at radius 2 is 1.69 bits per heavy atom. The van der Waals surface area contributed by atoms with Gasteiger partial charge in [-0.25, -0.2) is 13.1 Å². The maximum Gasteiger partial charge on any atom is 0.250 e. The van der Waals surface area contributed by atoms with Crippen LogP contribution in [0.15, 0.2) is 46.7 Å². The quantitative estimate of drug-likeness (QED) is 0.785. The molecule has 1 saturated heterocycles. The third-order valence-corrected chi connectivity index (χ3v) is 7.66. The van der Waals surface area contributed by atoms with Crippen molar-refractivity contribution in [2.24, 2.45) is 0 Å². The van der Waals surface area contributed by atoms with Crippen LogP contribution in [0.3, 0.4) is 0 Å². The molecule has 0 radical (unpaired) electrons. The van der Waals surface area contributed by atoms with Gasteiger partial charge in [-0.3, -0.25) is 9.80 Å². The van der Waals surface area contributed by atoms with Gasteiger partial charge in [0, 0.05) is 50.2 Å². The number of nitrogens with one attached hydrogen (secondary N) is 1. The first-order valence-electron chi connectivity index (χ1n) is 9.00. The predicted octanol–water partition coefficient (Wildman–Crippen LogP) is 2.54. The second-order valence-electron chi connectivity index (χ2n) is 6.95. The van der Waals surface area contributed by atoms with Crippen molar-refractivity contribution in [1.29, 1.82) is 0 Å². The van der Waals surface area contributed by atoms with E-state index in [2.05, 4.69) is 38.8 Å². The summed E-state index contributed by atoms with van der Waals surface area (Å²) in [6.07, 6.45) is 0. The van der Waals surface area contributed by atoms with E-state index in [9.17, 15) is 8.42 Å². The maximum absolute atomic E-state index is 12.4. The number of benzene rings is 1. The predicted molar refractivity (Wildman–Crippen MR) is 107 cm³/mol. The van der Waals surface area contributed by atoms with E-state index in [4.69, 9.17) is 0 Å². The van der Waals surface area contributed by atoms with Gasteiger partial charge >= 0.3 is 0 Å². The lowest BCUT2D eigenvalue weighted by Gasteiger charge is -2.36. The molecule has 1 fully saturated rings. The second kappa shape index (κ2) is 8.63. The Bertz CT molecular complexity index is 797. The van der Waals surface area contributed by atoms with Gasteiger partial charge in [0.1, 0.15) is 4.21 Å². The van der Waals surface area contributed by atoms with Gasteiger partial charge in [-0.1, -0.05) is 30.3 Å². The number of thiophene rings is 1. The van der Waals surface area contributed by atoms with E-state index in [1.165, 1.54) is 16.9 Å². The van der Waals surface area contributed by atoms with Gasteiger partial charge in [-0.15, -0.1) is 11.3 Å². The lowest BCUT2D eigenvalue weighted by molar-refractivity contribution is 0.122. The first-order chi connectivity index (χ1) is 12.4. The van der Waals surface area contributed by atoms with Crippen LogP contribution in [-0.4, -0.2) is 57.0 Å². The van der Waals surface area contributed by atoms with Crippen LogP contribution < -0.4 is 4.72 Å². The molecule has 7 heteroatoms. The lowest BCUT2D eigenvalue weighted by atomic mass is 10.2. The van der Waals surface area contributed by atoms with Crippen molar-refractivity contribution in [1.82, 2.24) is 14.5 Å². The number of piperazine rings is 1. The number of hydrogen-bond acceptors (Lipinski definition) is 5. The van der Waals surface area contributed by atoms with Crippen LogP contribution in [0.25, 0.3) is 0 Å². The van der Waals surface area contributed by atoms with Crippen LogP contribution in [-0.2, 0) is 16.6 Å². The largest absolute Gasteiger partial charge is 0.299 e. The minimum Gasteiger partial charge on any atom is -0.299 e. The molecular weight excluding hydrogens is 366 g/mol. The van der Waals surface area contributed by atoms with Gasteiger partial charge in [0.2, 0.25) is 10.0 Å². The molecule has 0 aliphatic carbocycles. The summed E-state index contributed by atoms with van der Waals surface area (Å²) in [6, 6.07) is 13.9. The van der Waals surface area contributed by atoms with E-state index in [0.29, 0.717) is 4.21 Å². The van der Waals surface area contributed by atoms with Crippen molar-refractivity contribution in [3.8, 4) is 0 Å². The average Bonchev–Trinajstić information content (AvgIpc) is 3.05. The molecule has 2 aromatic rings. The standard InChI is InChI=1S/C19H27N3O2S2/c1-16(20-26(23,24)19-9-8-17(2)25-19)14-21-10-12-22(13-11-21)15-18-6-4-3-5-7-18/h3-9,16,20H,10-15H2,1-2H3/t16-/m0/s1. The molecule has 0 bridgehead atoms. The van der Waals surface area contributed by atoms with E-state index in [0.717, 1.165) is 44.1 Å². The Hall–Kier alpha value is -1.25. The highest BCUT2D eigenvalue weighted by Gasteiger charge is 2.23. The Labute approximate surface area is 160 Å². The third kappa shape index (κ3) is 5.37. The first-order valence-corrected chi connectivity index (χ1v) is 11.3. The minimum absolute atomic E-state index is 0.108. The molecule has 2 heterocycles. The van der Waals surface area contributed by atoms with Crippen molar-refractivity contribution in [3.05, 3.63) is 52.9 Å². The van der Waals surface area contributed by atoms with Crippen molar-refractivity contribution < 1.29 is 8.42 Å². The van der Waals surface area contributed by atoms with E-state index >= 15 is 0 Å². The number of nitrogens with zero attached hydrogens (tertiary/aromatic N) is 2. The molecule has 142 valence electrons. The molecule has 3 rings (SSSR count). The van der Waals surface area contributed by atoms with Crippen LogP contribution in [0, 0.1) is 6.92 Å². The van der Waals surface area contributed by atoms with Crippen molar-refractivity contribution in [2.75, 3.05) is 32.7 Å². The van der Waals surface area contributed by atoms with Crippen LogP contribution in [0.1, 0.15) is 17.4 Å². The normalized spacial score (nSPS) is 18.1. The fourth-order valence-corrected chi connectivity index (χ4v) is 5.81. The zero-order valence-corrected chi connectivity index (χ0v) is 17.0. The van der Waals surface area contributed by atoms with E-state index < -0.39 is 10.0 Å². The van der Waals surface area contributed by atoms with Gasteiger partial charge in [0.15, 0.2) is 0 Å². The molecule has 0 saturated carbocycles. The van der Waals surface area contributed by atoms with Gasteiger partial charge in [0.05, 0.1) is 0 Å². The smallest absolute Gasteiger partial charge is 0.250 e. The van der Waals surface area contributed by atoms with E-state index in [1.807, 2.05) is 26.0 Å². The average molecular weight is 394 g/mol. The highest BCUT2D eigenvalue weighted by molar-refractivity contribution is 7.91. The van der Waals surface area contributed by atoms with Crippen LogP contribution in [0.4, 0.5) is 0 Å². The highest BCUT2D eigenvalue weighted by atomic mass is 32.2. The summed E-state index contributed by atoms with van der Waals surface area (Å²) < 4.78 is 28.1. The van der Waals surface area contributed by atoms with E-state index in [-0.39, 0.29) is 6.04 Å². The zero-order chi connectivity index (χ0) is 18.6. The molecule has 0 unspecified atom stereocenters. The topological polar surface area (TPSA) is 52.7 Å². The Balaban J connectivity index is 1.45. The summed E-state index contributed by atoms with van der Waals surface area (Å²) in [7, 11) is -3.41. The summed E-state index contributed by atoms with van der Waals surface area (Å²) in [5.74, 6) is 0. The fourth-order valence-electron chi connectivity index (χ4n) is 3.28. The number of sulfonamides is 1. The number of hydrogen-bond donors (Lipinski definition) is 1. The molecule has 1 aliphatic rings. The van der Waals surface area contributed by atoms with Crippen LogP contribution in [0.2, 0.25) is 0 Å². The molecular formula is C19H27N3O2S2. The van der Waals surface area contributed by atoms with Crippen LogP contribution >= 0.6 is 11.3 Å². The number of rotatable bonds is 7. The minimum atomic E-state index is -3.41. The molecule has 1 aromatic carbocycles. The Morgan fingerprint density at radius 1 is 1.04 bits per heavy atom. The Morgan fingerprint density at radius 3 is 2.31 bits per heavy atom. The van der Waals surface area contributed by atoms with Gasteiger partial charge in [0.25, 0.3) is 0 Å². The summed E-state index contributed by atoms with van der Waals surface area (Å²) in [5, 5.41) is 0. The second-order valence-corrected chi connectivity index (χ2v) is 10.2. The fraction of sp³-hybridized carbons (Fsp3) is 0.474. The summed E-state index contributed by atoms with van der Waals surface area (Å²) in [4.78, 5) is 5.80. The van der Waals surface area contributed by atoms with Gasteiger partial charge < -0.3 is 0 Å². The third-order valence-electron chi connectivity index (χ3n) is 4.58. The monoisotopic (exact) mass is 393 g/mol. The number of aryl methyl sites for hydroxylation is 1. The zero-order valence-electron chi connectivity index (χ0n) is 15.4. The van der Waals surface area contributed by atoms with Crippen molar-refractivity contribution >= 4 is 21.4 Å². The lowest BCUT2D eigenvalue weighted by Crippen LogP contribution is -2.50. The maximum atomic E-state index is 12.4. The molecule has 26 heavy (non-hydrogen) atoms. The summed E-state index contributed by atoms with van der Waals surface area (Å²) in [5.41, 5.74) is 1.34. The van der Waals surface area contributed by atoms with Crippen molar-refractivity contribution in [2.45, 2.75) is 30.6 Å². The molecule has 0 spiro atoms. The summed E-state index contributed by atoms with van der Waals surface area (Å²) in [6.45, 7) is 9.54. The van der Waals surface area contributed by atoms with Gasteiger partial charge in [-0.2, -0.15) is 0 Å². The Kier molecular flexibility index (Phi) is 6.47. The van der Waals surface area contributed by atoms with Crippen LogP contribution in [0.5, 0.6) is 0 Å². The molecule has 1 aromatic heterocycles. The molecule has 1 aliphatic heterocycles. The van der Waals surface area contributed by atoms with Crippen molar-refractivity contribution in [3.63, 3.8) is 0 Å². The van der Waals surface area contributed by atoms with E-state index in [1.54, 1.807) is 6.07 Å². The molecule has 1 N–H and O–H groups in total. The molecule has 1 atom stereocenters. The molecule has 5 nitrogen and oxygen atoms in total.